The van der Waals surface area contributed by atoms with Crippen molar-refractivity contribution in [2.24, 2.45) is 0 Å². The van der Waals surface area contributed by atoms with Crippen LogP contribution < -0.4 is 10.1 Å². The summed E-state index contributed by atoms with van der Waals surface area (Å²) in [7, 11) is 1.37. The largest absolute Gasteiger partial charge is 0.573 e. The third-order valence-electron chi connectivity index (χ3n) is 3.19. The Kier molecular flexibility index (Phi) is 5.81. The fourth-order valence-corrected chi connectivity index (χ4v) is 2.04. The molecule has 0 aromatic heterocycles. The van der Waals surface area contributed by atoms with Gasteiger partial charge in [0.15, 0.2) is 0 Å². The van der Waals surface area contributed by atoms with Gasteiger partial charge >= 0.3 is 6.36 Å². The Labute approximate surface area is 146 Å². The number of amides is 2. The summed E-state index contributed by atoms with van der Waals surface area (Å²) in [4.78, 5) is 25.2. The fourth-order valence-electron chi connectivity index (χ4n) is 2.04. The average molecular weight is 370 g/mol. The van der Waals surface area contributed by atoms with Gasteiger partial charge in [-0.05, 0) is 48.5 Å². The van der Waals surface area contributed by atoms with Gasteiger partial charge in [-0.15, -0.1) is 13.2 Å². The lowest BCUT2D eigenvalue weighted by Crippen LogP contribution is -2.34. The van der Waals surface area contributed by atoms with Crippen molar-refractivity contribution in [2.75, 3.05) is 18.9 Å². The van der Waals surface area contributed by atoms with Crippen molar-refractivity contribution in [1.82, 2.24) is 4.90 Å². The van der Waals surface area contributed by atoms with Gasteiger partial charge in [-0.3, -0.25) is 9.59 Å². The van der Waals surface area contributed by atoms with Crippen LogP contribution in [0.25, 0.3) is 0 Å². The lowest BCUT2D eigenvalue weighted by molar-refractivity contribution is -0.274. The van der Waals surface area contributed by atoms with Crippen LogP contribution in [0.5, 0.6) is 5.75 Å². The van der Waals surface area contributed by atoms with Crippen LogP contribution in [0.3, 0.4) is 0 Å². The number of nitrogens with one attached hydrogen (secondary N) is 1. The molecule has 0 bridgehead atoms. The number of carbonyl (C=O) groups excluding carboxylic acids is 2. The molecule has 138 valence electrons. The molecule has 2 aromatic carbocycles. The Morgan fingerprint density at radius 2 is 1.62 bits per heavy atom. The quantitative estimate of drug-likeness (QED) is 0.821. The smallest absolute Gasteiger partial charge is 0.406 e. The Morgan fingerprint density at radius 1 is 1.04 bits per heavy atom. The van der Waals surface area contributed by atoms with Crippen LogP contribution in [0.4, 0.5) is 23.2 Å². The first-order valence-corrected chi connectivity index (χ1v) is 7.31. The van der Waals surface area contributed by atoms with Gasteiger partial charge in [0.2, 0.25) is 5.91 Å². The molecule has 0 unspecified atom stereocenters. The normalized spacial score (nSPS) is 11.0. The van der Waals surface area contributed by atoms with Crippen molar-refractivity contribution in [3.63, 3.8) is 0 Å². The summed E-state index contributed by atoms with van der Waals surface area (Å²) in [6, 6.07) is 9.43. The van der Waals surface area contributed by atoms with Crippen LogP contribution >= 0.6 is 0 Å². The molecule has 2 amide bonds. The first-order chi connectivity index (χ1) is 12.1. The summed E-state index contributed by atoms with van der Waals surface area (Å²) in [6.45, 7) is -0.295. The van der Waals surface area contributed by atoms with E-state index >= 15 is 0 Å². The van der Waals surface area contributed by atoms with Crippen molar-refractivity contribution in [1.29, 1.82) is 0 Å². The minimum atomic E-state index is -4.82. The van der Waals surface area contributed by atoms with Gasteiger partial charge in [-0.2, -0.15) is 0 Å². The van der Waals surface area contributed by atoms with Gasteiger partial charge in [0.1, 0.15) is 11.6 Å². The van der Waals surface area contributed by atoms with Crippen molar-refractivity contribution >= 4 is 17.5 Å². The molecular formula is C17H14F4N2O3. The highest BCUT2D eigenvalue weighted by Crippen LogP contribution is 2.23. The Bertz CT molecular complexity index is 774. The lowest BCUT2D eigenvalue weighted by atomic mass is 10.2. The second-order valence-corrected chi connectivity index (χ2v) is 5.29. The number of nitrogens with zero attached hydrogens (tertiary/aromatic N) is 1. The molecule has 0 fully saturated rings. The molecule has 0 spiro atoms. The highest BCUT2D eigenvalue weighted by Gasteiger charge is 2.31. The van der Waals surface area contributed by atoms with E-state index in [1.54, 1.807) is 0 Å². The second-order valence-electron chi connectivity index (χ2n) is 5.29. The van der Waals surface area contributed by atoms with Gasteiger partial charge < -0.3 is 15.0 Å². The van der Waals surface area contributed by atoms with E-state index in [-0.39, 0.29) is 12.1 Å². The Hall–Kier alpha value is -3.10. The molecule has 0 aliphatic carbocycles. The molecule has 0 atom stereocenters. The minimum absolute atomic E-state index is 0.0941. The SMILES string of the molecule is CN(CC(=O)Nc1ccc(F)cc1)C(=O)c1ccc(OC(F)(F)F)cc1. The lowest BCUT2D eigenvalue weighted by Gasteiger charge is -2.17. The van der Waals surface area contributed by atoms with E-state index in [0.717, 1.165) is 29.2 Å². The number of anilines is 1. The number of hydrogen-bond donors (Lipinski definition) is 1. The number of hydrogen-bond acceptors (Lipinski definition) is 3. The molecule has 0 saturated carbocycles. The monoisotopic (exact) mass is 370 g/mol. The van der Waals surface area contributed by atoms with Gasteiger partial charge in [0.25, 0.3) is 5.91 Å². The van der Waals surface area contributed by atoms with E-state index in [0.29, 0.717) is 5.69 Å². The van der Waals surface area contributed by atoms with Crippen molar-refractivity contribution in [3.8, 4) is 5.75 Å². The summed E-state index contributed by atoms with van der Waals surface area (Å²) in [5.41, 5.74) is 0.461. The summed E-state index contributed by atoms with van der Waals surface area (Å²) in [5.74, 6) is -1.97. The third kappa shape index (κ3) is 5.76. The number of alkyl halides is 3. The standard InChI is InChI=1S/C17H14F4N2O3/c1-23(10-15(24)22-13-6-4-12(18)5-7-13)16(25)11-2-8-14(9-3-11)26-17(19,20)21/h2-9H,10H2,1H3,(H,22,24). The molecular weight excluding hydrogens is 356 g/mol. The molecule has 0 aliphatic heterocycles. The number of benzene rings is 2. The van der Waals surface area contributed by atoms with Gasteiger partial charge in [-0.1, -0.05) is 0 Å². The van der Waals surface area contributed by atoms with Gasteiger partial charge in [-0.25, -0.2) is 4.39 Å². The van der Waals surface area contributed by atoms with Crippen LogP contribution in [0, 0.1) is 5.82 Å². The van der Waals surface area contributed by atoms with Gasteiger partial charge in [0.05, 0.1) is 6.54 Å². The summed E-state index contributed by atoms with van der Waals surface area (Å²) < 4.78 is 52.9. The van der Waals surface area contributed by atoms with E-state index < -0.39 is 29.7 Å². The van der Waals surface area contributed by atoms with Crippen LogP contribution in [0.1, 0.15) is 10.4 Å². The van der Waals surface area contributed by atoms with Crippen LogP contribution in [-0.4, -0.2) is 36.7 Å². The fraction of sp³-hybridized carbons (Fsp3) is 0.176. The van der Waals surface area contributed by atoms with E-state index in [4.69, 9.17) is 0 Å². The van der Waals surface area contributed by atoms with Crippen molar-refractivity contribution in [3.05, 3.63) is 59.9 Å². The van der Waals surface area contributed by atoms with Crippen LogP contribution in [-0.2, 0) is 4.79 Å². The first kappa shape index (κ1) is 19.2. The van der Waals surface area contributed by atoms with Crippen molar-refractivity contribution in [2.45, 2.75) is 6.36 Å². The molecule has 1 N–H and O–H groups in total. The minimum Gasteiger partial charge on any atom is -0.406 e. The molecule has 2 aromatic rings. The van der Waals surface area contributed by atoms with Gasteiger partial charge in [0, 0.05) is 18.3 Å². The van der Waals surface area contributed by atoms with Crippen LogP contribution in [0.15, 0.2) is 48.5 Å². The topological polar surface area (TPSA) is 58.6 Å². The molecule has 0 heterocycles. The van der Waals surface area contributed by atoms with E-state index in [1.165, 1.54) is 31.3 Å². The maximum atomic E-state index is 12.8. The molecule has 0 saturated heterocycles. The summed E-state index contributed by atoms with van der Waals surface area (Å²) >= 11 is 0. The third-order valence-corrected chi connectivity index (χ3v) is 3.19. The number of likely N-dealkylation sites (N-methyl/N-ethyl adjacent to an activating group) is 1. The molecule has 0 aliphatic rings. The zero-order valence-corrected chi connectivity index (χ0v) is 13.5. The van der Waals surface area contributed by atoms with E-state index in [9.17, 15) is 27.2 Å². The molecule has 26 heavy (non-hydrogen) atoms. The van der Waals surface area contributed by atoms with Crippen LogP contribution in [0.2, 0.25) is 0 Å². The summed E-state index contributed by atoms with van der Waals surface area (Å²) in [6.07, 6.45) is -4.82. The Morgan fingerprint density at radius 3 is 2.15 bits per heavy atom. The Balaban J connectivity index is 1.93. The maximum absolute atomic E-state index is 12.8. The van der Waals surface area contributed by atoms with Crippen molar-refractivity contribution < 1.29 is 31.9 Å². The predicted molar refractivity (Wildman–Crippen MR) is 85.1 cm³/mol. The van der Waals surface area contributed by atoms with E-state index in [2.05, 4.69) is 10.1 Å². The molecule has 2 rings (SSSR count). The number of halogens is 4. The molecule has 9 heteroatoms. The zero-order valence-electron chi connectivity index (χ0n) is 13.5. The number of rotatable bonds is 5. The molecule has 5 nitrogen and oxygen atoms in total. The zero-order chi connectivity index (χ0) is 19.3. The highest BCUT2D eigenvalue weighted by molar-refractivity contribution is 5.99. The van der Waals surface area contributed by atoms with E-state index in [1.807, 2.05) is 0 Å². The second kappa shape index (κ2) is 7.85. The number of ether oxygens (including phenoxy) is 1. The average Bonchev–Trinajstić information content (AvgIpc) is 2.55. The maximum Gasteiger partial charge on any atom is 0.573 e. The summed E-state index contributed by atoms with van der Waals surface area (Å²) in [5, 5.41) is 2.50. The molecule has 0 radical (unpaired) electrons. The number of carbonyl (C=O) groups is 2. The predicted octanol–water partition coefficient (Wildman–Crippen LogP) is 3.44. The first-order valence-electron chi connectivity index (χ1n) is 7.31. The highest BCUT2D eigenvalue weighted by atomic mass is 19.4.